The van der Waals surface area contributed by atoms with Crippen LogP contribution in [0.25, 0.3) is 0 Å². The van der Waals surface area contributed by atoms with Crippen molar-refractivity contribution in [3.8, 4) is 0 Å². The molecule has 18 heavy (non-hydrogen) atoms. The summed E-state index contributed by atoms with van der Waals surface area (Å²) >= 11 is 5.78. The summed E-state index contributed by atoms with van der Waals surface area (Å²) in [6.07, 6.45) is 2.13. The Bertz CT molecular complexity index is 361. The lowest BCUT2D eigenvalue weighted by molar-refractivity contribution is -0.0406. The highest BCUT2D eigenvalue weighted by atomic mass is 35.5. The van der Waals surface area contributed by atoms with Crippen LogP contribution in [0.5, 0.6) is 0 Å². The van der Waals surface area contributed by atoms with Crippen molar-refractivity contribution in [2.24, 2.45) is 0 Å². The Kier molecular flexibility index (Phi) is 6.15. The van der Waals surface area contributed by atoms with E-state index in [1.165, 1.54) is 0 Å². The zero-order valence-electron chi connectivity index (χ0n) is 10.5. The number of morpholine rings is 1. The molecule has 2 rings (SSSR count). The lowest BCUT2D eigenvalue weighted by atomic mass is 10.1. The molecule has 0 saturated carbocycles. The van der Waals surface area contributed by atoms with E-state index in [4.69, 9.17) is 16.3 Å². The summed E-state index contributed by atoms with van der Waals surface area (Å²) in [5, 5.41) is 7.38. The van der Waals surface area contributed by atoms with Gasteiger partial charge in [-0.15, -0.1) is 12.4 Å². The second-order valence-corrected chi connectivity index (χ2v) is 4.85. The monoisotopic (exact) mass is 291 g/mol. The average Bonchev–Trinajstić information content (AvgIpc) is 2.30. The molecule has 1 fully saturated rings. The molecule has 0 bridgehead atoms. The van der Waals surface area contributed by atoms with Crippen molar-refractivity contribution in [3.05, 3.63) is 23.4 Å². The second kappa shape index (κ2) is 7.14. The highest BCUT2D eigenvalue weighted by molar-refractivity contribution is 6.30. The third kappa shape index (κ3) is 4.28. The van der Waals surface area contributed by atoms with Crippen LogP contribution in [-0.2, 0) is 4.74 Å². The van der Waals surface area contributed by atoms with Crippen LogP contribution in [0.2, 0.25) is 5.02 Å². The number of pyridine rings is 1. The molecule has 6 heteroatoms. The van der Waals surface area contributed by atoms with Gasteiger partial charge in [-0.3, -0.25) is 0 Å². The number of hydrogen-bond donors (Lipinski definition) is 2. The van der Waals surface area contributed by atoms with Crippen LogP contribution in [0.15, 0.2) is 18.3 Å². The van der Waals surface area contributed by atoms with E-state index >= 15 is 0 Å². The Morgan fingerprint density at radius 1 is 1.50 bits per heavy atom. The van der Waals surface area contributed by atoms with Crippen LogP contribution < -0.4 is 10.6 Å². The van der Waals surface area contributed by atoms with Crippen molar-refractivity contribution in [1.82, 2.24) is 10.3 Å². The first-order chi connectivity index (χ1) is 8.15. The molecular formula is C12H19Cl2N3O. The summed E-state index contributed by atoms with van der Waals surface area (Å²) in [5.74, 6) is 0.835. The molecule has 1 aromatic heterocycles. The van der Waals surface area contributed by atoms with Gasteiger partial charge in [-0.1, -0.05) is 11.6 Å². The highest BCUT2D eigenvalue weighted by Gasteiger charge is 2.24. The molecule has 1 saturated heterocycles. The van der Waals surface area contributed by atoms with Gasteiger partial charge in [0.05, 0.1) is 23.3 Å². The molecule has 0 amide bonds. The molecular weight excluding hydrogens is 273 g/mol. The molecule has 3 atom stereocenters. The van der Waals surface area contributed by atoms with Crippen LogP contribution in [0.4, 0.5) is 5.82 Å². The van der Waals surface area contributed by atoms with E-state index in [0.717, 1.165) is 18.9 Å². The van der Waals surface area contributed by atoms with Crippen LogP contribution in [0, 0.1) is 0 Å². The Morgan fingerprint density at radius 3 is 2.89 bits per heavy atom. The van der Waals surface area contributed by atoms with Gasteiger partial charge in [-0.05, 0) is 26.0 Å². The maximum absolute atomic E-state index is 5.78. The summed E-state index contributed by atoms with van der Waals surface area (Å²) in [4.78, 5) is 4.19. The Morgan fingerprint density at radius 2 is 2.28 bits per heavy atom. The molecule has 0 radical (unpaired) electrons. The first-order valence-corrected chi connectivity index (χ1v) is 6.27. The van der Waals surface area contributed by atoms with E-state index in [2.05, 4.69) is 29.5 Å². The minimum absolute atomic E-state index is 0. The first-order valence-electron chi connectivity index (χ1n) is 5.89. The molecule has 1 aliphatic rings. The Hall–Kier alpha value is -0.550. The Balaban J connectivity index is 0.00000162. The number of hydrogen-bond acceptors (Lipinski definition) is 4. The zero-order valence-corrected chi connectivity index (χ0v) is 12.1. The van der Waals surface area contributed by atoms with Gasteiger partial charge in [0.2, 0.25) is 0 Å². The van der Waals surface area contributed by atoms with Gasteiger partial charge in [-0.2, -0.15) is 0 Å². The predicted octanol–water partition coefficient (Wildman–Crippen LogP) is 2.33. The lowest BCUT2D eigenvalue weighted by Gasteiger charge is -2.34. The number of ether oxygens (including phenoxy) is 1. The zero-order chi connectivity index (χ0) is 12.3. The number of aromatic nitrogens is 1. The molecule has 1 aromatic rings. The molecule has 0 aromatic carbocycles. The molecule has 4 nitrogen and oxygen atoms in total. The maximum Gasteiger partial charge on any atom is 0.126 e. The summed E-state index contributed by atoms with van der Waals surface area (Å²) in [7, 11) is 0. The molecule has 1 aliphatic heterocycles. The van der Waals surface area contributed by atoms with Crippen molar-refractivity contribution in [1.29, 1.82) is 0 Å². The fourth-order valence-electron chi connectivity index (χ4n) is 1.93. The number of nitrogens with zero attached hydrogens (tertiary/aromatic N) is 1. The molecule has 2 heterocycles. The molecule has 0 unspecified atom stereocenters. The first kappa shape index (κ1) is 15.5. The molecule has 2 N–H and O–H groups in total. The Labute approximate surface area is 119 Å². The molecule has 102 valence electrons. The fourth-order valence-corrected chi connectivity index (χ4v) is 2.04. The van der Waals surface area contributed by atoms with Gasteiger partial charge in [0.25, 0.3) is 0 Å². The number of rotatable bonds is 3. The van der Waals surface area contributed by atoms with E-state index in [1.54, 1.807) is 6.20 Å². The third-order valence-corrected chi connectivity index (χ3v) is 3.14. The third-order valence-electron chi connectivity index (χ3n) is 2.91. The number of anilines is 1. The van der Waals surface area contributed by atoms with E-state index in [9.17, 15) is 0 Å². The smallest absolute Gasteiger partial charge is 0.126 e. The number of halogens is 2. The maximum atomic E-state index is 5.78. The topological polar surface area (TPSA) is 46.2 Å². The SMILES string of the molecule is C[C@@H]1O[C@@H](C)CN[C@@H]1CNc1ccc(Cl)cn1.Cl. The van der Waals surface area contributed by atoms with Crippen molar-refractivity contribution >= 4 is 29.8 Å². The fraction of sp³-hybridized carbons (Fsp3) is 0.583. The summed E-state index contributed by atoms with van der Waals surface area (Å²) < 4.78 is 5.76. The minimum Gasteiger partial charge on any atom is -0.373 e. The second-order valence-electron chi connectivity index (χ2n) is 4.41. The predicted molar refractivity (Wildman–Crippen MR) is 76.8 cm³/mol. The van der Waals surface area contributed by atoms with Crippen molar-refractivity contribution < 1.29 is 4.74 Å². The van der Waals surface area contributed by atoms with E-state index in [-0.39, 0.29) is 24.6 Å². The van der Waals surface area contributed by atoms with E-state index < -0.39 is 0 Å². The summed E-state index contributed by atoms with van der Waals surface area (Å²) in [6.45, 7) is 5.85. The quantitative estimate of drug-likeness (QED) is 0.897. The average molecular weight is 292 g/mol. The number of nitrogens with one attached hydrogen (secondary N) is 2. The van der Waals surface area contributed by atoms with Gasteiger partial charge in [0, 0.05) is 19.3 Å². The normalized spacial score (nSPS) is 27.4. The minimum atomic E-state index is 0. The van der Waals surface area contributed by atoms with Gasteiger partial charge < -0.3 is 15.4 Å². The summed E-state index contributed by atoms with van der Waals surface area (Å²) in [6, 6.07) is 4.01. The lowest BCUT2D eigenvalue weighted by Crippen LogP contribution is -2.53. The van der Waals surface area contributed by atoms with Gasteiger partial charge in [-0.25, -0.2) is 4.98 Å². The standard InChI is InChI=1S/C12H18ClN3O.ClH/c1-8-5-14-11(9(2)17-8)7-16-12-4-3-10(13)6-15-12;/h3-4,6,8-9,11,14H,5,7H2,1-2H3,(H,15,16);1H/t8-,9-,11+;/m0./s1. The van der Waals surface area contributed by atoms with E-state index in [0.29, 0.717) is 11.1 Å². The van der Waals surface area contributed by atoms with Crippen molar-refractivity contribution in [2.45, 2.75) is 32.1 Å². The van der Waals surface area contributed by atoms with Crippen molar-refractivity contribution in [3.63, 3.8) is 0 Å². The van der Waals surface area contributed by atoms with E-state index in [1.807, 2.05) is 12.1 Å². The molecule has 0 aliphatic carbocycles. The van der Waals surface area contributed by atoms with Crippen molar-refractivity contribution in [2.75, 3.05) is 18.4 Å². The van der Waals surface area contributed by atoms with Crippen LogP contribution in [0.3, 0.4) is 0 Å². The largest absolute Gasteiger partial charge is 0.373 e. The van der Waals surface area contributed by atoms with Gasteiger partial charge >= 0.3 is 0 Å². The van der Waals surface area contributed by atoms with Crippen LogP contribution >= 0.6 is 24.0 Å². The van der Waals surface area contributed by atoms with Gasteiger partial charge in [0.15, 0.2) is 0 Å². The van der Waals surface area contributed by atoms with Crippen LogP contribution in [0.1, 0.15) is 13.8 Å². The summed E-state index contributed by atoms with van der Waals surface area (Å²) in [5.41, 5.74) is 0. The van der Waals surface area contributed by atoms with Gasteiger partial charge in [0.1, 0.15) is 5.82 Å². The van der Waals surface area contributed by atoms with Crippen LogP contribution in [-0.4, -0.2) is 36.3 Å². The highest BCUT2D eigenvalue weighted by Crippen LogP contribution is 2.12. The molecule has 0 spiro atoms.